The number of allylic oxidation sites excluding steroid dienone is 2. The molecule has 0 saturated heterocycles. The van der Waals surface area contributed by atoms with Gasteiger partial charge in [-0.25, -0.2) is 4.39 Å². The molecule has 1 aliphatic rings. The van der Waals surface area contributed by atoms with Crippen molar-refractivity contribution in [2.45, 2.75) is 40.1 Å². The Morgan fingerprint density at radius 3 is 1.84 bits per heavy atom. The van der Waals surface area contributed by atoms with Gasteiger partial charge in [0.05, 0.1) is 6.04 Å². The van der Waals surface area contributed by atoms with Crippen molar-refractivity contribution < 1.29 is 48.3 Å². The largest absolute Gasteiger partial charge is 0.457 e. The van der Waals surface area contributed by atoms with Crippen LogP contribution < -0.4 is 5.73 Å². The van der Waals surface area contributed by atoms with E-state index < -0.39 is 56.7 Å². The van der Waals surface area contributed by atoms with Gasteiger partial charge in [-0.05, 0) is 0 Å². The zero-order valence-electron chi connectivity index (χ0n) is 11.4. The molecule has 0 aliphatic heterocycles. The molecule has 0 aromatic rings. The standard InChI is InChI=1S/C11H7BrF11NS/c12-7(3-1-2-4(5(7)24)25-6(13)14)8(15,10(18,19)20)9(16,17)11(21,22)23/h1-3,5-6H,24H2. The molecule has 2 N–H and O–H groups in total. The van der Waals surface area contributed by atoms with Crippen LogP contribution in [0.15, 0.2) is 23.1 Å². The Hall–Kier alpha value is -0.500. The van der Waals surface area contributed by atoms with Gasteiger partial charge in [0.15, 0.2) is 0 Å². The topological polar surface area (TPSA) is 26.0 Å². The minimum absolute atomic E-state index is 0.0136. The molecule has 0 radical (unpaired) electrons. The highest BCUT2D eigenvalue weighted by Gasteiger charge is 2.87. The third-order valence-corrected chi connectivity index (χ3v) is 5.44. The first kappa shape index (κ1) is 22.5. The number of thioether (sulfide) groups is 1. The van der Waals surface area contributed by atoms with Gasteiger partial charge in [0.25, 0.3) is 11.4 Å². The van der Waals surface area contributed by atoms with Crippen molar-refractivity contribution in [1.82, 2.24) is 0 Å². The smallest absolute Gasteiger partial charge is 0.322 e. The summed E-state index contributed by atoms with van der Waals surface area (Å²) in [4.78, 5) is -0.918. The second kappa shape index (κ2) is 6.59. The van der Waals surface area contributed by atoms with E-state index in [4.69, 9.17) is 5.73 Å². The minimum atomic E-state index is -6.94. The minimum Gasteiger partial charge on any atom is -0.322 e. The normalized spacial score (nSPS) is 28.1. The first-order valence-electron chi connectivity index (χ1n) is 5.92. The van der Waals surface area contributed by atoms with Crippen molar-refractivity contribution in [3.05, 3.63) is 23.1 Å². The predicted molar refractivity (Wildman–Crippen MR) is 71.3 cm³/mol. The van der Waals surface area contributed by atoms with E-state index in [1.165, 1.54) is 0 Å². The molecule has 0 fully saturated rings. The van der Waals surface area contributed by atoms with E-state index in [9.17, 15) is 48.3 Å². The molecular weight excluding hydrogens is 467 g/mol. The lowest BCUT2D eigenvalue weighted by atomic mass is 9.76. The van der Waals surface area contributed by atoms with Crippen molar-refractivity contribution in [2.75, 3.05) is 0 Å². The molecule has 0 saturated carbocycles. The quantitative estimate of drug-likeness (QED) is 0.441. The number of hydrogen-bond acceptors (Lipinski definition) is 2. The van der Waals surface area contributed by atoms with Crippen LogP contribution in [0.1, 0.15) is 0 Å². The molecular formula is C11H7BrF11NS. The van der Waals surface area contributed by atoms with Crippen LogP contribution in [0, 0.1) is 0 Å². The highest BCUT2D eigenvalue weighted by molar-refractivity contribution is 9.10. The fraction of sp³-hybridized carbons (Fsp3) is 0.636. The molecule has 0 aromatic heterocycles. The number of hydrogen-bond donors (Lipinski definition) is 1. The van der Waals surface area contributed by atoms with E-state index in [2.05, 4.69) is 0 Å². The van der Waals surface area contributed by atoms with Gasteiger partial charge in [0, 0.05) is 4.91 Å². The molecule has 0 aromatic carbocycles. The summed E-state index contributed by atoms with van der Waals surface area (Å²) in [5.74, 6) is -10.2. The van der Waals surface area contributed by atoms with Crippen LogP contribution >= 0.6 is 27.7 Å². The highest BCUT2D eigenvalue weighted by Crippen LogP contribution is 2.62. The van der Waals surface area contributed by atoms with Crippen LogP contribution in [0.2, 0.25) is 0 Å². The second-order valence-corrected chi connectivity index (χ2v) is 7.16. The van der Waals surface area contributed by atoms with Gasteiger partial charge in [0.2, 0.25) is 0 Å². The van der Waals surface area contributed by atoms with Gasteiger partial charge in [-0.3, -0.25) is 0 Å². The van der Waals surface area contributed by atoms with E-state index in [1.54, 1.807) is 0 Å². The molecule has 1 nitrogen and oxygen atoms in total. The number of halogens is 12. The van der Waals surface area contributed by atoms with Crippen LogP contribution in [-0.4, -0.2) is 40.1 Å². The summed E-state index contributed by atoms with van der Waals surface area (Å²) in [5, 5.41) is 0. The van der Waals surface area contributed by atoms with E-state index in [0.29, 0.717) is 12.2 Å². The Morgan fingerprint density at radius 2 is 1.48 bits per heavy atom. The fourth-order valence-electron chi connectivity index (χ4n) is 2.07. The van der Waals surface area contributed by atoms with Crippen molar-refractivity contribution >= 4 is 27.7 Å². The summed E-state index contributed by atoms with van der Waals surface area (Å²) in [5.41, 5.74) is -1.12. The maximum Gasteiger partial charge on any atom is 0.457 e. The van der Waals surface area contributed by atoms with E-state index in [-0.39, 0.29) is 6.08 Å². The predicted octanol–water partition coefficient (Wildman–Crippen LogP) is 5.33. The zero-order valence-corrected chi connectivity index (χ0v) is 13.8. The van der Waals surface area contributed by atoms with Gasteiger partial charge < -0.3 is 5.73 Å². The van der Waals surface area contributed by atoms with Gasteiger partial charge in [-0.15, -0.1) is 0 Å². The lowest BCUT2D eigenvalue weighted by molar-refractivity contribution is -0.387. The number of nitrogens with two attached hydrogens (primary N) is 1. The average Bonchev–Trinajstić information content (AvgIpc) is 2.39. The summed E-state index contributed by atoms with van der Waals surface area (Å²) in [6, 6.07) is -2.61. The second-order valence-electron chi connectivity index (χ2n) is 4.78. The zero-order chi connectivity index (χ0) is 20.1. The summed E-state index contributed by atoms with van der Waals surface area (Å²) in [7, 11) is 0. The highest BCUT2D eigenvalue weighted by atomic mass is 79.9. The molecule has 1 rings (SSSR count). The Morgan fingerprint density at radius 1 is 1.00 bits per heavy atom. The molecule has 0 bridgehead atoms. The third-order valence-electron chi connectivity index (χ3n) is 3.29. The average molecular weight is 474 g/mol. The lowest BCUT2D eigenvalue weighted by Gasteiger charge is -2.48. The molecule has 146 valence electrons. The van der Waals surface area contributed by atoms with Crippen molar-refractivity contribution in [3.8, 4) is 0 Å². The van der Waals surface area contributed by atoms with Crippen LogP contribution in [0.3, 0.4) is 0 Å². The van der Waals surface area contributed by atoms with Crippen molar-refractivity contribution in [2.24, 2.45) is 5.73 Å². The molecule has 1 aliphatic carbocycles. The van der Waals surface area contributed by atoms with Crippen molar-refractivity contribution in [3.63, 3.8) is 0 Å². The first-order valence-corrected chi connectivity index (χ1v) is 7.59. The Labute approximate surface area is 145 Å². The molecule has 0 amide bonds. The van der Waals surface area contributed by atoms with Crippen LogP contribution in [-0.2, 0) is 0 Å². The molecule has 14 heteroatoms. The summed E-state index contributed by atoms with van der Waals surface area (Å²) in [6.45, 7) is 0. The molecule has 0 heterocycles. The van der Waals surface area contributed by atoms with Gasteiger partial charge in [0.1, 0.15) is 4.32 Å². The van der Waals surface area contributed by atoms with Gasteiger partial charge in [-0.2, -0.15) is 43.9 Å². The van der Waals surface area contributed by atoms with Gasteiger partial charge in [-0.1, -0.05) is 45.9 Å². The van der Waals surface area contributed by atoms with Crippen molar-refractivity contribution in [1.29, 1.82) is 0 Å². The maximum atomic E-state index is 14.6. The molecule has 3 unspecified atom stereocenters. The Balaban J connectivity index is 3.63. The summed E-state index contributed by atoms with van der Waals surface area (Å²) in [6.07, 6.45) is -12.6. The third kappa shape index (κ3) is 3.40. The first-order chi connectivity index (χ1) is 10.9. The lowest BCUT2D eigenvalue weighted by Crippen LogP contribution is -2.74. The van der Waals surface area contributed by atoms with Crippen LogP contribution in [0.4, 0.5) is 48.3 Å². The van der Waals surface area contributed by atoms with E-state index in [1.807, 2.05) is 15.9 Å². The van der Waals surface area contributed by atoms with Crippen LogP contribution in [0.5, 0.6) is 0 Å². The van der Waals surface area contributed by atoms with Crippen LogP contribution in [0.25, 0.3) is 0 Å². The Bertz CT molecular complexity index is 569. The fourth-order valence-corrected chi connectivity index (χ4v) is 3.79. The molecule has 0 spiro atoms. The SMILES string of the molecule is NC1C(SC(F)F)=CC=CC1(Br)C(F)(C(F)(F)F)C(F)(F)C(F)(F)F. The summed E-state index contributed by atoms with van der Waals surface area (Å²) < 4.78 is 139. The molecule has 3 atom stereocenters. The van der Waals surface area contributed by atoms with E-state index in [0.717, 1.165) is 0 Å². The maximum absolute atomic E-state index is 14.6. The number of rotatable bonds is 4. The number of alkyl halides is 12. The Kier molecular flexibility index (Phi) is 5.94. The van der Waals surface area contributed by atoms with Gasteiger partial charge >= 0.3 is 18.3 Å². The monoisotopic (exact) mass is 473 g/mol. The molecule has 25 heavy (non-hydrogen) atoms. The van der Waals surface area contributed by atoms with E-state index >= 15 is 0 Å². The summed E-state index contributed by atoms with van der Waals surface area (Å²) >= 11 is 1.38.